The van der Waals surface area contributed by atoms with Crippen molar-refractivity contribution >= 4 is 17.4 Å². The van der Waals surface area contributed by atoms with Gasteiger partial charge in [-0.3, -0.25) is 9.59 Å². The first-order chi connectivity index (χ1) is 21.5. The number of carbonyl (C=O) groups excluding carboxylic acids is 2. The number of hydrogen-bond acceptors (Lipinski definition) is 8. The fraction of sp³-hybridized carbons (Fsp3) is 0.353. The first-order valence-corrected chi connectivity index (χ1v) is 15.0. The van der Waals surface area contributed by atoms with Gasteiger partial charge in [0.1, 0.15) is 38.7 Å². The molecule has 2 fully saturated rings. The second-order valence-electron chi connectivity index (χ2n) is 11.0. The highest BCUT2D eigenvalue weighted by atomic mass is 16.6. The van der Waals surface area contributed by atoms with E-state index < -0.39 is 17.7 Å². The molecule has 10 heteroatoms. The van der Waals surface area contributed by atoms with Crippen LogP contribution in [-0.4, -0.2) is 81.4 Å². The Morgan fingerprint density at radius 3 is 2.48 bits per heavy atom. The van der Waals surface area contributed by atoms with Gasteiger partial charge in [-0.2, -0.15) is 0 Å². The summed E-state index contributed by atoms with van der Waals surface area (Å²) >= 11 is 0. The lowest BCUT2D eigenvalue weighted by Crippen LogP contribution is -3.14. The summed E-state index contributed by atoms with van der Waals surface area (Å²) in [5.74, 6) is 0.377. The van der Waals surface area contributed by atoms with Crippen molar-refractivity contribution in [3.8, 4) is 23.0 Å². The number of benzene rings is 3. The molecule has 2 N–H and O–H groups in total. The third-order valence-corrected chi connectivity index (χ3v) is 8.23. The van der Waals surface area contributed by atoms with Gasteiger partial charge in [0, 0.05) is 18.5 Å². The van der Waals surface area contributed by atoms with Gasteiger partial charge in [-0.1, -0.05) is 36.4 Å². The van der Waals surface area contributed by atoms with Crippen LogP contribution in [0.2, 0.25) is 0 Å². The number of amides is 1. The minimum absolute atomic E-state index is 0.0189. The molecule has 10 nitrogen and oxygen atoms in total. The topological polar surface area (TPSA) is 108 Å². The smallest absolute Gasteiger partial charge is 0.295 e. The number of nitrogens with one attached hydrogen (secondary N) is 1. The van der Waals surface area contributed by atoms with Crippen LogP contribution in [-0.2, 0) is 20.9 Å². The number of hydrogen-bond donors (Lipinski definition) is 2. The van der Waals surface area contributed by atoms with E-state index in [1.165, 1.54) is 4.90 Å². The van der Waals surface area contributed by atoms with Gasteiger partial charge in [-0.05, 0) is 41.5 Å². The molecule has 0 spiro atoms. The molecule has 6 rings (SSSR count). The predicted octanol–water partition coefficient (Wildman–Crippen LogP) is 2.77. The van der Waals surface area contributed by atoms with Crippen LogP contribution in [0.4, 0.5) is 0 Å². The highest BCUT2D eigenvalue weighted by molar-refractivity contribution is 6.46. The molecule has 1 atom stereocenters. The highest BCUT2D eigenvalue weighted by Gasteiger charge is 2.46. The van der Waals surface area contributed by atoms with Crippen molar-refractivity contribution < 1.29 is 43.3 Å². The number of likely N-dealkylation sites (tertiary alicyclic amines) is 1. The van der Waals surface area contributed by atoms with Crippen molar-refractivity contribution in [1.82, 2.24) is 4.90 Å². The van der Waals surface area contributed by atoms with Crippen molar-refractivity contribution in [1.29, 1.82) is 0 Å². The van der Waals surface area contributed by atoms with Crippen molar-refractivity contribution in [2.75, 3.05) is 59.7 Å². The Balaban J connectivity index is 1.34. The van der Waals surface area contributed by atoms with Crippen LogP contribution in [0.3, 0.4) is 0 Å². The summed E-state index contributed by atoms with van der Waals surface area (Å²) < 4.78 is 28.5. The summed E-state index contributed by atoms with van der Waals surface area (Å²) in [7, 11) is 1.55. The first-order valence-electron chi connectivity index (χ1n) is 15.0. The first kappa shape index (κ1) is 29.5. The lowest BCUT2D eigenvalue weighted by Gasteiger charge is -2.28. The van der Waals surface area contributed by atoms with Crippen molar-refractivity contribution in [2.24, 2.45) is 0 Å². The van der Waals surface area contributed by atoms with Gasteiger partial charge in [0.25, 0.3) is 11.7 Å². The van der Waals surface area contributed by atoms with E-state index in [1.54, 1.807) is 42.3 Å². The summed E-state index contributed by atoms with van der Waals surface area (Å²) in [5, 5.41) is 11.6. The molecular weight excluding hydrogens is 564 g/mol. The molecule has 0 aromatic heterocycles. The summed E-state index contributed by atoms with van der Waals surface area (Å²) in [6.45, 7) is 5.61. The van der Waals surface area contributed by atoms with Crippen LogP contribution >= 0.6 is 0 Å². The van der Waals surface area contributed by atoms with Crippen molar-refractivity contribution in [3.63, 3.8) is 0 Å². The molecule has 3 aliphatic heterocycles. The zero-order valence-corrected chi connectivity index (χ0v) is 24.8. The Morgan fingerprint density at radius 1 is 0.932 bits per heavy atom. The van der Waals surface area contributed by atoms with E-state index in [2.05, 4.69) is 0 Å². The van der Waals surface area contributed by atoms with Gasteiger partial charge in [0.05, 0.1) is 38.5 Å². The molecule has 3 heterocycles. The minimum Gasteiger partial charge on any atom is -0.507 e. The summed E-state index contributed by atoms with van der Waals surface area (Å²) in [5.41, 5.74) is 2.02. The molecule has 0 saturated carbocycles. The largest absolute Gasteiger partial charge is 0.507 e. The lowest BCUT2D eigenvalue weighted by atomic mass is 9.94. The molecule has 0 radical (unpaired) electrons. The lowest BCUT2D eigenvalue weighted by molar-refractivity contribution is -0.908. The van der Waals surface area contributed by atoms with Crippen LogP contribution in [0.25, 0.3) is 5.76 Å². The molecule has 230 valence electrons. The summed E-state index contributed by atoms with van der Waals surface area (Å²) in [6.07, 6.45) is 0.693. The Morgan fingerprint density at radius 2 is 1.70 bits per heavy atom. The van der Waals surface area contributed by atoms with Crippen LogP contribution in [0.5, 0.6) is 23.0 Å². The summed E-state index contributed by atoms with van der Waals surface area (Å²) in [4.78, 5) is 30.1. The number of Topliss-reactive ketones (excluding diaryl/α,β-unsaturated/α-hetero) is 1. The number of nitrogens with zero attached hydrogens (tertiary/aromatic N) is 1. The molecule has 0 unspecified atom stereocenters. The zero-order chi connectivity index (χ0) is 30.5. The average Bonchev–Trinajstić information content (AvgIpc) is 3.32. The standard InChI is InChI=1S/C34H36N2O8/c1-40-28-20-24(8-10-26(28)44-22-23-6-3-2-4-7-23)31-30(32(37)25-9-11-27-29(21-25)43-19-18-42-27)33(38)34(39)36(31)13-5-12-35-14-16-41-17-15-35/h2-4,6-11,20-21,31,37H,5,12-19,22H2,1H3/p+1/t31-/m0/s1. The fourth-order valence-electron chi connectivity index (χ4n) is 5.92. The monoisotopic (exact) mass is 601 g/mol. The number of aliphatic hydroxyl groups excluding tert-OH is 1. The molecule has 3 aromatic carbocycles. The number of aliphatic hydroxyl groups is 1. The number of methoxy groups -OCH3 is 1. The average molecular weight is 602 g/mol. The Bertz CT molecular complexity index is 1530. The second-order valence-corrected chi connectivity index (χ2v) is 11.0. The number of quaternary nitrogens is 1. The molecule has 3 aromatic rings. The molecule has 44 heavy (non-hydrogen) atoms. The van der Waals surface area contributed by atoms with Gasteiger partial charge in [-0.25, -0.2) is 0 Å². The van der Waals surface area contributed by atoms with Crippen LogP contribution in [0, 0.1) is 0 Å². The van der Waals surface area contributed by atoms with Crippen molar-refractivity contribution in [2.45, 2.75) is 19.1 Å². The van der Waals surface area contributed by atoms with Gasteiger partial charge in [0.15, 0.2) is 23.0 Å². The maximum absolute atomic E-state index is 13.6. The van der Waals surface area contributed by atoms with Crippen LogP contribution < -0.4 is 23.8 Å². The van der Waals surface area contributed by atoms with Gasteiger partial charge < -0.3 is 38.6 Å². The second kappa shape index (κ2) is 13.4. The van der Waals surface area contributed by atoms with E-state index in [9.17, 15) is 14.7 Å². The number of morpholine rings is 1. The Hall–Kier alpha value is -4.54. The van der Waals surface area contributed by atoms with E-state index in [-0.39, 0.29) is 11.3 Å². The number of ether oxygens (including phenoxy) is 5. The van der Waals surface area contributed by atoms with E-state index >= 15 is 0 Å². The van der Waals surface area contributed by atoms with E-state index in [0.717, 1.165) is 25.2 Å². The molecule has 2 saturated heterocycles. The number of carbonyl (C=O) groups is 2. The zero-order valence-electron chi connectivity index (χ0n) is 24.8. The summed E-state index contributed by atoms with van der Waals surface area (Å²) in [6, 6.07) is 19.3. The number of ketones is 1. The van der Waals surface area contributed by atoms with Crippen LogP contribution in [0.1, 0.15) is 29.2 Å². The fourth-order valence-corrected chi connectivity index (χ4v) is 5.92. The third kappa shape index (κ3) is 6.22. The number of rotatable bonds is 10. The molecule has 3 aliphatic rings. The number of fused-ring (bicyclic) bond motifs is 1. The minimum atomic E-state index is -0.819. The van der Waals surface area contributed by atoms with E-state index in [4.69, 9.17) is 23.7 Å². The molecular formula is C34H37N2O8+. The third-order valence-electron chi connectivity index (χ3n) is 8.23. The molecule has 0 aliphatic carbocycles. The van der Waals surface area contributed by atoms with E-state index in [0.29, 0.717) is 80.1 Å². The van der Waals surface area contributed by atoms with Gasteiger partial charge in [0.2, 0.25) is 0 Å². The van der Waals surface area contributed by atoms with Gasteiger partial charge in [-0.15, -0.1) is 0 Å². The normalized spacial score (nSPS) is 19.7. The van der Waals surface area contributed by atoms with Crippen LogP contribution in [0.15, 0.2) is 72.3 Å². The maximum Gasteiger partial charge on any atom is 0.295 e. The maximum atomic E-state index is 13.6. The van der Waals surface area contributed by atoms with Gasteiger partial charge >= 0.3 is 0 Å². The Kier molecular flexibility index (Phi) is 8.99. The quantitative estimate of drug-likeness (QED) is 0.208. The molecule has 0 bridgehead atoms. The SMILES string of the molecule is COc1cc([C@H]2C(=C(O)c3ccc4c(c3)OCCO4)C(=O)C(=O)N2CCC[NH+]2CCOCC2)ccc1OCc1ccccc1. The molecule has 1 amide bonds. The van der Waals surface area contributed by atoms with E-state index in [1.807, 2.05) is 36.4 Å². The highest BCUT2D eigenvalue weighted by Crippen LogP contribution is 2.43. The van der Waals surface area contributed by atoms with Crippen molar-refractivity contribution in [3.05, 3.63) is 89.0 Å². The predicted molar refractivity (Wildman–Crippen MR) is 161 cm³/mol. The Labute approximate surface area is 256 Å².